The first-order valence-electron chi connectivity index (χ1n) is 7.95. The van der Waals surface area contributed by atoms with E-state index in [4.69, 9.17) is 4.74 Å². The molecule has 128 valence electrons. The van der Waals surface area contributed by atoms with Crippen molar-refractivity contribution in [2.45, 2.75) is 26.8 Å². The number of rotatable bonds is 4. The minimum Gasteiger partial charge on any atom is -0.426 e. The van der Waals surface area contributed by atoms with Gasteiger partial charge in [-0.3, -0.25) is 19.1 Å². The van der Waals surface area contributed by atoms with Gasteiger partial charge in [0.15, 0.2) is 0 Å². The summed E-state index contributed by atoms with van der Waals surface area (Å²) < 4.78 is 6.75. The summed E-state index contributed by atoms with van der Waals surface area (Å²) in [5.41, 5.74) is 1.48. The predicted molar refractivity (Wildman–Crippen MR) is 95.0 cm³/mol. The highest BCUT2D eigenvalue weighted by molar-refractivity contribution is 5.78. The third-order valence-corrected chi connectivity index (χ3v) is 4.00. The summed E-state index contributed by atoms with van der Waals surface area (Å²) in [6.45, 7) is 3.96. The molecule has 0 amide bonds. The zero-order chi connectivity index (χ0) is 18.0. The summed E-state index contributed by atoms with van der Waals surface area (Å²) in [6.07, 6.45) is 0.0171. The van der Waals surface area contributed by atoms with Gasteiger partial charge in [-0.25, -0.2) is 4.79 Å². The zero-order valence-electron chi connectivity index (χ0n) is 14.0. The summed E-state index contributed by atoms with van der Waals surface area (Å²) in [5.74, 6) is 0.0726. The minimum atomic E-state index is -0.539. The molecule has 6 heteroatoms. The molecule has 0 radical (unpaired) electrons. The Hall–Kier alpha value is -3.15. The highest BCUT2D eigenvalue weighted by Crippen LogP contribution is 2.19. The molecule has 2 aromatic carbocycles. The van der Waals surface area contributed by atoms with Crippen molar-refractivity contribution in [3.8, 4) is 5.75 Å². The maximum atomic E-state index is 12.1. The second-order valence-electron chi connectivity index (χ2n) is 5.92. The molecule has 0 aliphatic rings. The number of hydrogen-bond donors (Lipinski definition) is 1. The van der Waals surface area contributed by atoms with Gasteiger partial charge in [0.1, 0.15) is 5.75 Å². The second kappa shape index (κ2) is 6.76. The number of para-hydroxylation sites is 1. The van der Waals surface area contributed by atoms with Gasteiger partial charge in [0, 0.05) is 6.54 Å². The fourth-order valence-corrected chi connectivity index (χ4v) is 2.75. The SMILES string of the molecule is Cc1ccc(OC(=O)CCn2c(=O)[nH]c(=O)c3ccccc32)c(C)c1. The van der Waals surface area contributed by atoms with E-state index in [0.717, 1.165) is 11.1 Å². The van der Waals surface area contributed by atoms with Gasteiger partial charge in [-0.1, -0.05) is 29.8 Å². The number of H-pyrrole nitrogens is 1. The van der Waals surface area contributed by atoms with Crippen LogP contribution in [0, 0.1) is 13.8 Å². The monoisotopic (exact) mass is 338 g/mol. The third-order valence-electron chi connectivity index (χ3n) is 4.00. The lowest BCUT2D eigenvalue weighted by molar-refractivity contribution is -0.134. The molecule has 0 saturated carbocycles. The van der Waals surface area contributed by atoms with Crippen LogP contribution in [0.25, 0.3) is 10.9 Å². The van der Waals surface area contributed by atoms with Crippen LogP contribution in [0.15, 0.2) is 52.1 Å². The molecule has 0 atom stereocenters. The number of hydrogen-bond acceptors (Lipinski definition) is 4. The molecule has 25 heavy (non-hydrogen) atoms. The van der Waals surface area contributed by atoms with Gasteiger partial charge < -0.3 is 4.74 Å². The minimum absolute atomic E-state index is 0.0171. The van der Waals surface area contributed by atoms with Gasteiger partial charge in [-0.05, 0) is 37.6 Å². The highest BCUT2D eigenvalue weighted by atomic mass is 16.5. The van der Waals surface area contributed by atoms with E-state index < -0.39 is 17.2 Å². The van der Waals surface area contributed by atoms with Crippen molar-refractivity contribution >= 4 is 16.9 Å². The van der Waals surface area contributed by atoms with Crippen molar-refractivity contribution in [1.29, 1.82) is 0 Å². The molecule has 0 aliphatic carbocycles. The number of carbonyl (C=O) groups is 1. The van der Waals surface area contributed by atoms with Crippen molar-refractivity contribution in [3.05, 3.63) is 74.4 Å². The van der Waals surface area contributed by atoms with Crippen molar-refractivity contribution < 1.29 is 9.53 Å². The fourth-order valence-electron chi connectivity index (χ4n) is 2.75. The zero-order valence-corrected chi connectivity index (χ0v) is 14.0. The van der Waals surface area contributed by atoms with E-state index in [0.29, 0.717) is 16.7 Å². The molecule has 3 rings (SSSR count). The van der Waals surface area contributed by atoms with Crippen LogP contribution in [0.4, 0.5) is 0 Å². The summed E-state index contributed by atoms with van der Waals surface area (Å²) in [7, 11) is 0. The van der Waals surface area contributed by atoms with Crippen molar-refractivity contribution in [2.24, 2.45) is 0 Å². The third kappa shape index (κ3) is 3.52. The lowest BCUT2D eigenvalue weighted by Crippen LogP contribution is -2.31. The number of aromatic amines is 1. The molecule has 1 aromatic heterocycles. The molecular formula is C19H18N2O4. The largest absolute Gasteiger partial charge is 0.426 e. The lowest BCUT2D eigenvalue weighted by atomic mass is 10.1. The van der Waals surface area contributed by atoms with Gasteiger partial charge in [0.2, 0.25) is 0 Å². The van der Waals surface area contributed by atoms with Gasteiger partial charge in [0.05, 0.1) is 17.3 Å². The number of carbonyl (C=O) groups excluding carboxylic acids is 1. The van der Waals surface area contributed by atoms with Crippen LogP contribution in [-0.4, -0.2) is 15.5 Å². The summed E-state index contributed by atoms with van der Waals surface area (Å²) in [4.78, 5) is 38.3. The lowest BCUT2D eigenvalue weighted by Gasteiger charge is -2.10. The van der Waals surface area contributed by atoms with Crippen LogP contribution < -0.4 is 16.0 Å². The molecular weight excluding hydrogens is 320 g/mol. The maximum Gasteiger partial charge on any atom is 0.328 e. The Bertz CT molecular complexity index is 1060. The molecule has 0 saturated heterocycles. The van der Waals surface area contributed by atoms with Crippen LogP contribution in [0.5, 0.6) is 5.75 Å². The molecule has 1 N–H and O–H groups in total. The van der Waals surface area contributed by atoms with Crippen LogP contribution in [0.2, 0.25) is 0 Å². The molecule has 1 heterocycles. The number of nitrogens with zero attached hydrogens (tertiary/aromatic N) is 1. The molecule has 0 bridgehead atoms. The Morgan fingerprint density at radius 1 is 1.12 bits per heavy atom. The predicted octanol–water partition coefficient (Wildman–Crippen LogP) is 2.30. The Morgan fingerprint density at radius 3 is 2.64 bits per heavy atom. The van der Waals surface area contributed by atoms with Crippen LogP contribution in [0.1, 0.15) is 17.5 Å². The normalized spacial score (nSPS) is 10.8. The number of nitrogens with one attached hydrogen (secondary N) is 1. The number of esters is 1. The molecule has 0 fully saturated rings. The number of aromatic nitrogens is 2. The molecule has 6 nitrogen and oxygen atoms in total. The fraction of sp³-hybridized carbons (Fsp3) is 0.211. The first-order chi connectivity index (χ1) is 12.0. The number of benzene rings is 2. The smallest absolute Gasteiger partial charge is 0.328 e. The maximum absolute atomic E-state index is 12.1. The number of aryl methyl sites for hydroxylation is 3. The van der Waals surface area contributed by atoms with E-state index in [-0.39, 0.29) is 13.0 Å². The van der Waals surface area contributed by atoms with Gasteiger partial charge in [-0.2, -0.15) is 0 Å². The van der Waals surface area contributed by atoms with Crippen LogP contribution in [0.3, 0.4) is 0 Å². The Balaban J connectivity index is 1.80. The molecule has 3 aromatic rings. The van der Waals surface area contributed by atoms with Crippen molar-refractivity contribution in [2.75, 3.05) is 0 Å². The number of ether oxygens (including phenoxy) is 1. The Morgan fingerprint density at radius 2 is 1.88 bits per heavy atom. The average molecular weight is 338 g/mol. The summed E-state index contributed by atoms with van der Waals surface area (Å²) >= 11 is 0. The van der Waals surface area contributed by atoms with E-state index in [1.165, 1.54) is 4.57 Å². The van der Waals surface area contributed by atoms with E-state index in [1.807, 2.05) is 26.0 Å². The Labute approximate surface area is 143 Å². The van der Waals surface area contributed by atoms with E-state index in [1.54, 1.807) is 30.3 Å². The van der Waals surface area contributed by atoms with E-state index in [2.05, 4.69) is 4.98 Å². The van der Waals surface area contributed by atoms with E-state index in [9.17, 15) is 14.4 Å². The van der Waals surface area contributed by atoms with Gasteiger partial charge >= 0.3 is 11.7 Å². The first kappa shape index (κ1) is 16.7. The molecule has 0 unspecified atom stereocenters. The van der Waals surface area contributed by atoms with E-state index >= 15 is 0 Å². The number of fused-ring (bicyclic) bond motifs is 1. The van der Waals surface area contributed by atoms with Crippen molar-refractivity contribution in [3.63, 3.8) is 0 Å². The highest BCUT2D eigenvalue weighted by Gasteiger charge is 2.11. The topological polar surface area (TPSA) is 81.2 Å². The van der Waals surface area contributed by atoms with Crippen LogP contribution >= 0.6 is 0 Å². The quantitative estimate of drug-likeness (QED) is 0.585. The van der Waals surface area contributed by atoms with Crippen LogP contribution in [-0.2, 0) is 11.3 Å². The molecule has 0 spiro atoms. The standard InChI is InChI=1S/C19H18N2O4/c1-12-7-8-16(13(2)11-12)25-17(22)9-10-21-15-6-4-3-5-14(15)18(23)20-19(21)24/h3-8,11H,9-10H2,1-2H3,(H,20,23,24). The van der Waals surface area contributed by atoms with Gasteiger partial charge in [-0.15, -0.1) is 0 Å². The van der Waals surface area contributed by atoms with Crippen molar-refractivity contribution in [1.82, 2.24) is 9.55 Å². The Kier molecular flexibility index (Phi) is 4.52. The molecule has 0 aliphatic heterocycles. The average Bonchev–Trinajstić information content (AvgIpc) is 2.57. The summed E-state index contributed by atoms with van der Waals surface area (Å²) in [5, 5.41) is 0.407. The second-order valence-corrected chi connectivity index (χ2v) is 5.92. The first-order valence-corrected chi connectivity index (χ1v) is 7.95. The summed E-state index contributed by atoms with van der Waals surface area (Å²) in [6, 6.07) is 12.3. The van der Waals surface area contributed by atoms with Gasteiger partial charge in [0.25, 0.3) is 5.56 Å².